The van der Waals surface area contributed by atoms with E-state index >= 15 is 0 Å². The normalized spacial score (nSPS) is 11.8. The third-order valence-corrected chi connectivity index (χ3v) is 3.23. The van der Waals surface area contributed by atoms with Crippen molar-refractivity contribution in [1.29, 1.82) is 0 Å². The molecule has 1 heterocycles. The number of nitrogens with one attached hydrogen (secondary N) is 2. The van der Waals surface area contributed by atoms with Crippen LogP contribution in [0.25, 0.3) is 0 Å². The summed E-state index contributed by atoms with van der Waals surface area (Å²) in [5.74, 6) is -0.739. The summed E-state index contributed by atoms with van der Waals surface area (Å²) in [6.45, 7) is 2.51. The molecular weight excluding hydrogens is 260 g/mol. The maximum Gasteiger partial charge on any atom is 0.303 e. The topological polar surface area (TPSA) is 99.3 Å². The number of H-pyrrole nitrogens is 1. The van der Waals surface area contributed by atoms with Gasteiger partial charge < -0.3 is 15.4 Å². The number of carboxylic acids is 1. The molecule has 0 aliphatic rings. The highest BCUT2D eigenvalue weighted by Crippen LogP contribution is 2.14. The molecule has 1 aromatic heterocycles. The van der Waals surface area contributed by atoms with E-state index in [1.807, 2.05) is 6.92 Å². The summed E-state index contributed by atoms with van der Waals surface area (Å²) >= 11 is 0. The van der Waals surface area contributed by atoms with E-state index in [1.54, 1.807) is 0 Å². The van der Waals surface area contributed by atoms with Gasteiger partial charge in [0.15, 0.2) is 0 Å². The number of carboxylic acid groups (broad SMARTS) is 1. The Balaban J connectivity index is 2.35. The van der Waals surface area contributed by atoms with E-state index in [1.165, 1.54) is 18.3 Å². The monoisotopic (exact) mass is 280 g/mol. The molecule has 1 rings (SSSR count). The Morgan fingerprint density at radius 2 is 2.10 bits per heavy atom. The summed E-state index contributed by atoms with van der Waals surface area (Å²) in [6, 6.07) is 2.77. The molecule has 1 aromatic rings. The minimum atomic E-state index is -0.791. The van der Waals surface area contributed by atoms with Crippen LogP contribution in [0.1, 0.15) is 43.0 Å². The number of aliphatic carboxylic acids is 1. The molecule has 6 nitrogen and oxygen atoms in total. The molecule has 20 heavy (non-hydrogen) atoms. The molecule has 0 bridgehead atoms. The van der Waals surface area contributed by atoms with Crippen LogP contribution in [0.2, 0.25) is 0 Å². The van der Waals surface area contributed by atoms with Crippen molar-refractivity contribution in [2.75, 3.05) is 6.54 Å². The van der Waals surface area contributed by atoms with Gasteiger partial charge in [0.1, 0.15) is 0 Å². The molecule has 0 saturated carbocycles. The second-order valence-electron chi connectivity index (χ2n) is 4.69. The Labute approximate surface area is 117 Å². The summed E-state index contributed by atoms with van der Waals surface area (Å²) in [5, 5.41) is 11.4. The summed E-state index contributed by atoms with van der Waals surface area (Å²) in [4.78, 5) is 35.6. The molecule has 0 fully saturated rings. The van der Waals surface area contributed by atoms with Gasteiger partial charge in [-0.25, -0.2) is 0 Å². The van der Waals surface area contributed by atoms with Crippen molar-refractivity contribution in [1.82, 2.24) is 10.3 Å². The van der Waals surface area contributed by atoms with Crippen molar-refractivity contribution in [2.45, 2.75) is 32.6 Å². The third kappa shape index (κ3) is 5.69. The third-order valence-electron chi connectivity index (χ3n) is 3.23. The fourth-order valence-electron chi connectivity index (χ4n) is 1.92. The smallest absolute Gasteiger partial charge is 0.303 e. The molecule has 0 aliphatic heterocycles. The van der Waals surface area contributed by atoms with Crippen molar-refractivity contribution < 1.29 is 14.7 Å². The van der Waals surface area contributed by atoms with Crippen LogP contribution in [0, 0.1) is 5.92 Å². The second kappa shape index (κ2) is 8.14. The number of carbonyl (C=O) groups is 2. The Bertz CT molecular complexity index is 490. The van der Waals surface area contributed by atoms with Gasteiger partial charge in [-0.15, -0.1) is 0 Å². The highest BCUT2D eigenvalue weighted by atomic mass is 16.4. The summed E-state index contributed by atoms with van der Waals surface area (Å²) in [6.07, 6.45) is 3.80. The highest BCUT2D eigenvalue weighted by molar-refractivity contribution is 5.93. The molecule has 0 saturated heterocycles. The minimum absolute atomic E-state index is 0.159. The Morgan fingerprint density at radius 3 is 2.65 bits per heavy atom. The lowest BCUT2D eigenvalue weighted by Gasteiger charge is -2.13. The Morgan fingerprint density at radius 1 is 1.35 bits per heavy atom. The first kappa shape index (κ1) is 15.9. The summed E-state index contributed by atoms with van der Waals surface area (Å²) in [7, 11) is 0. The van der Waals surface area contributed by atoms with Gasteiger partial charge in [-0.1, -0.05) is 13.3 Å². The minimum Gasteiger partial charge on any atom is -0.481 e. The molecule has 1 unspecified atom stereocenters. The van der Waals surface area contributed by atoms with E-state index in [0.29, 0.717) is 24.4 Å². The maximum absolute atomic E-state index is 11.8. The maximum atomic E-state index is 11.8. The van der Waals surface area contributed by atoms with Crippen molar-refractivity contribution in [2.24, 2.45) is 5.92 Å². The van der Waals surface area contributed by atoms with Crippen molar-refractivity contribution in [3.05, 3.63) is 34.2 Å². The predicted octanol–water partition coefficient (Wildman–Crippen LogP) is 1.39. The quantitative estimate of drug-likeness (QED) is 0.670. The van der Waals surface area contributed by atoms with Gasteiger partial charge >= 0.3 is 5.97 Å². The van der Waals surface area contributed by atoms with E-state index in [9.17, 15) is 14.4 Å². The van der Waals surface area contributed by atoms with E-state index in [-0.39, 0.29) is 17.9 Å². The van der Waals surface area contributed by atoms with Crippen LogP contribution >= 0.6 is 0 Å². The van der Waals surface area contributed by atoms with Gasteiger partial charge in [0.25, 0.3) is 5.91 Å². The number of hydrogen-bond donors (Lipinski definition) is 3. The van der Waals surface area contributed by atoms with Crippen LogP contribution in [0.3, 0.4) is 0 Å². The average molecular weight is 280 g/mol. The van der Waals surface area contributed by atoms with Gasteiger partial charge in [-0.3, -0.25) is 14.4 Å². The number of aromatic amines is 1. The van der Waals surface area contributed by atoms with E-state index in [0.717, 1.165) is 12.8 Å². The first-order chi connectivity index (χ1) is 9.52. The van der Waals surface area contributed by atoms with Crippen LogP contribution in [-0.2, 0) is 4.79 Å². The van der Waals surface area contributed by atoms with Gasteiger partial charge in [-0.2, -0.15) is 0 Å². The zero-order chi connectivity index (χ0) is 15.0. The van der Waals surface area contributed by atoms with Crippen molar-refractivity contribution >= 4 is 11.9 Å². The number of aromatic nitrogens is 1. The lowest BCUT2D eigenvalue weighted by molar-refractivity contribution is -0.137. The zero-order valence-electron chi connectivity index (χ0n) is 11.5. The Kier molecular flexibility index (Phi) is 6.49. The SMILES string of the molecule is CCC(CCNC(=O)c1ccc(=O)[nH]c1)CCC(=O)O. The molecule has 3 N–H and O–H groups in total. The van der Waals surface area contributed by atoms with Crippen LogP contribution in [-0.4, -0.2) is 28.5 Å². The molecular formula is C14H20N2O4. The van der Waals surface area contributed by atoms with Crippen molar-refractivity contribution in [3.8, 4) is 0 Å². The first-order valence-electron chi connectivity index (χ1n) is 6.71. The highest BCUT2D eigenvalue weighted by Gasteiger charge is 2.10. The fourth-order valence-corrected chi connectivity index (χ4v) is 1.92. The number of rotatable bonds is 8. The molecule has 0 aromatic carbocycles. The second-order valence-corrected chi connectivity index (χ2v) is 4.69. The summed E-state index contributed by atoms with van der Waals surface area (Å²) in [5.41, 5.74) is 0.157. The molecule has 6 heteroatoms. The number of pyridine rings is 1. The van der Waals surface area contributed by atoms with Crippen LogP contribution < -0.4 is 10.9 Å². The van der Waals surface area contributed by atoms with E-state index in [4.69, 9.17) is 5.11 Å². The van der Waals surface area contributed by atoms with Gasteiger partial charge in [0, 0.05) is 25.2 Å². The van der Waals surface area contributed by atoms with Gasteiger partial charge in [0.2, 0.25) is 5.56 Å². The molecule has 0 radical (unpaired) electrons. The molecule has 110 valence electrons. The average Bonchev–Trinajstić information content (AvgIpc) is 2.42. The zero-order valence-corrected chi connectivity index (χ0v) is 11.5. The number of amides is 1. The molecule has 1 atom stereocenters. The molecule has 0 spiro atoms. The van der Waals surface area contributed by atoms with Gasteiger partial charge in [0.05, 0.1) is 5.56 Å². The van der Waals surface area contributed by atoms with Crippen molar-refractivity contribution in [3.63, 3.8) is 0 Å². The van der Waals surface area contributed by atoms with E-state index in [2.05, 4.69) is 10.3 Å². The standard InChI is InChI=1S/C14H20N2O4/c1-2-10(3-6-13(18)19)7-8-15-14(20)11-4-5-12(17)16-9-11/h4-5,9-10H,2-3,6-8H2,1H3,(H,15,20)(H,16,17)(H,18,19). The largest absolute Gasteiger partial charge is 0.481 e. The number of hydrogen-bond acceptors (Lipinski definition) is 3. The lowest BCUT2D eigenvalue weighted by atomic mass is 9.96. The number of carbonyl (C=O) groups excluding carboxylic acids is 1. The summed E-state index contributed by atoms with van der Waals surface area (Å²) < 4.78 is 0. The van der Waals surface area contributed by atoms with Crippen LogP contribution in [0.4, 0.5) is 0 Å². The first-order valence-corrected chi connectivity index (χ1v) is 6.71. The Hall–Kier alpha value is -2.11. The van der Waals surface area contributed by atoms with E-state index < -0.39 is 5.97 Å². The molecule has 0 aliphatic carbocycles. The van der Waals surface area contributed by atoms with Crippen LogP contribution in [0.15, 0.2) is 23.1 Å². The predicted molar refractivity (Wildman–Crippen MR) is 74.7 cm³/mol. The molecule has 1 amide bonds. The van der Waals surface area contributed by atoms with Crippen LogP contribution in [0.5, 0.6) is 0 Å². The lowest BCUT2D eigenvalue weighted by Crippen LogP contribution is -2.26. The fraction of sp³-hybridized carbons (Fsp3) is 0.500. The van der Waals surface area contributed by atoms with Gasteiger partial charge in [-0.05, 0) is 24.8 Å².